The molecule has 0 unspecified atom stereocenters. The lowest BCUT2D eigenvalue weighted by Gasteiger charge is -2.28. The SMILES string of the molecule is C[C@@H](O)CN[C@@H]1CC(C)(C)OC1(C)C. The molecule has 2 N–H and O–H groups in total. The third-order valence-electron chi connectivity index (χ3n) is 2.73. The molecule has 1 fully saturated rings. The van der Waals surface area contributed by atoms with E-state index in [4.69, 9.17) is 4.74 Å². The number of hydrogen-bond acceptors (Lipinski definition) is 3. The van der Waals surface area contributed by atoms with Crippen LogP contribution >= 0.6 is 0 Å². The number of hydrogen-bond donors (Lipinski definition) is 2. The van der Waals surface area contributed by atoms with Crippen LogP contribution < -0.4 is 5.32 Å². The highest BCUT2D eigenvalue weighted by Gasteiger charge is 2.45. The minimum Gasteiger partial charge on any atom is -0.392 e. The number of aliphatic hydroxyl groups is 1. The Morgan fingerprint density at radius 2 is 2.00 bits per heavy atom. The molecule has 0 amide bonds. The van der Waals surface area contributed by atoms with Crippen molar-refractivity contribution >= 4 is 0 Å². The number of nitrogens with one attached hydrogen (secondary N) is 1. The van der Waals surface area contributed by atoms with Crippen molar-refractivity contribution in [1.29, 1.82) is 0 Å². The van der Waals surface area contributed by atoms with Crippen molar-refractivity contribution in [1.82, 2.24) is 5.32 Å². The van der Waals surface area contributed by atoms with Crippen molar-refractivity contribution in [3.8, 4) is 0 Å². The van der Waals surface area contributed by atoms with Crippen molar-refractivity contribution in [2.45, 2.75) is 64.4 Å². The van der Waals surface area contributed by atoms with Crippen LogP contribution in [0.5, 0.6) is 0 Å². The molecule has 84 valence electrons. The minimum absolute atomic E-state index is 0.0557. The Bertz CT molecular complexity index is 199. The Labute approximate surface area is 86.8 Å². The first-order valence-electron chi connectivity index (χ1n) is 5.34. The highest BCUT2D eigenvalue weighted by atomic mass is 16.5. The molecule has 0 aromatic heterocycles. The smallest absolute Gasteiger partial charge is 0.0787 e. The van der Waals surface area contributed by atoms with Gasteiger partial charge in [-0.25, -0.2) is 0 Å². The molecule has 0 spiro atoms. The maximum atomic E-state index is 9.21. The summed E-state index contributed by atoms with van der Waals surface area (Å²) in [5.74, 6) is 0. The van der Waals surface area contributed by atoms with Crippen LogP contribution in [0.3, 0.4) is 0 Å². The van der Waals surface area contributed by atoms with Crippen LogP contribution in [0.1, 0.15) is 41.0 Å². The van der Waals surface area contributed by atoms with Gasteiger partial charge in [0.25, 0.3) is 0 Å². The van der Waals surface area contributed by atoms with Crippen molar-refractivity contribution in [3.63, 3.8) is 0 Å². The van der Waals surface area contributed by atoms with Crippen LogP contribution in [0.2, 0.25) is 0 Å². The molecule has 1 rings (SSSR count). The van der Waals surface area contributed by atoms with Gasteiger partial charge in [0.05, 0.1) is 17.3 Å². The Morgan fingerprint density at radius 3 is 2.36 bits per heavy atom. The second-order valence-electron chi connectivity index (χ2n) is 5.48. The summed E-state index contributed by atoms with van der Waals surface area (Å²) in [7, 11) is 0. The predicted molar refractivity (Wildman–Crippen MR) is 57.3 cm³/mol. The molecule has 3 heteroatoms. The van der Waals surface area contributed by atoms with Gasteiger partial charge in [-0.3, -0.25) is 0 Å². The molecule has 0 bridgehead atoms. The summed E-state index contributed by atoms with van der Waals surface area (Å²) >= 11 is 0. The summed E-state index contributed by atoms with van der Waals surface area (Å²) < 4.78 is 5.94. The first-order valence-corrected chi connectivity index (χ1v) is 5.34. The molecule has 1 heterocycles. The molecule has 0 aromatic carbocycles. The fourth-order valence-electron chi connectivity index (χ4n) is 2.19. The lowest BCUT2D eigenvalue weighted by atomic mass is 9.94. The third kappa shape index (κ3) is 2.94. The fourth-order valence-corrected chi connectivity index (χ4v) is 2.19. The molecular weight excluding hydrogens is 178 g/mol. The van der Waals surface area contributed by atoms with Crippen molar-refractivity contribution in [3.05, 3.63) is 0 Å². The van der Waals surface area contributed by atoms with Gasteiger partial charge in [0.15, 0.2) is 0 Å². The van der Waals surface area contributed by atoms with Crippen molar-refractivity contribution in [2.75, 3.05) is 6.54 Å². The maximum absolute atomic E-state index is 9.21. The largest absolute Gasteiger partial charge is 0.392 e. The maximum Gasteiger partial charge on any atom is 0.0787 e. The Balaban J connectivity index is 2.53. The Morgan fingerprint density at radius 1 is 1.43 bits per heavy atom. The quantitative estimate of drug-likeness (QED) is 0.723. The molecule has 0 saturated carbocycles. The van der Waals surface area contributed by atoms with Crippen LogP contribution in [0, 0.1) is 0 Å². The van der Waals surface area contributed by atoms with Gasteiger partial charge in [-0.05, 0) is 41.0 Å². The average Bonchev–Trinajstić information content (AvgIpc) is 2.14. The van der Waals surface area contributed by atoms with Gasteiger partial charge in [-0.15, -0.1) is 0 Å². The summed E-state index contributed by atoms with van der Waals surface area (Å²) in [4.78, 5) is 0. The predicted octanol–water partition coefficient (Wildman–Crippen LogP) is 1.30. The lowest BCUT2D eigenvalue weighted by molar-refractivity contribution is -0.0701. The van der Waals surface area contributed by atoms with E-state index in [1.54, 1.807) is 6.92 Å². The van der Waals surface area contributed by atoms with Gasteiger partial charge >= 0.3 is 0 Å². The van der Waals surface area contributed by atoms with E-state index in [1.165, 1.54) is 0 Å². The van der Waals surface area contributed by atoms with Crippen LogP contribution in [0.25, 0.3) is 0 Å². The van der Waals surface area contributed by atoms with E-state index >= 15 is 0 Å². The Hall–Kier alpha value is -0.120. The topological polar surface area (TPSA) is 41.5 Å². The lowest BCUT2D eigenvalue weighted by Crippen LogP contribution is -2.45. The van der Waals surface area contributed by atoms with E-state index in [0.717, 1.165) is 6.42 Å². The van der Waals surface area contributed by atoms with E-state index in [1.807, 2.05) is 0 Å². The van der Waals surface area contributed by atoms with Crippen LogP contribution in [-0.2, 0) is 4.74 Å². The second-order valence-corrected chi connectivity index (χ2v) is 5.48. The second kappa shape index (κ2) is 3.80. The number of rotatable bonds is 3. The highest BCUT2D eigenvalue weighted by molar-refractivity contribution is 4.98. The molecule has 0 radical (unpaired) electrons. The minimum atomic E-state index is -0.297. The fraction of sp³-hybridized carbons (Fsp3) is 1.00. The van der Waals surface area contributed by atoms with Crippen LogP contribution in [0.15, 0.2) is 0 Å². The highest BCUT2D eigenvalue weighted by Crippen LogP contribution is 2.37. The van der Waals surface area contributed by atoms with Gasteiger partial charge < -0.3 is 15.2 Å². The normalized spacial score (nSPS) is 31.7. The summed E-state index contributed by atoms with van der Waals surface area (Å²) in [6.45, 7) is 10.8. The van der Waals surface area contributed by atoms with E-state index in [9.17, 15) is 5.11 Å². The summed E-state index contributed by atoms with van der Waals surface area (Å²) in [5.41, 5.74) is -0.196. The standard InChI is InChI=1S/C11H23NO2/c1-8(13)7-12-9-6-10(2,3)14-11(9,4)5/h8-9,12-13H,6-7H2,1-5H3/t8-,9-/m1/s1. The first kappa shape index (κ1) is 12.0. The first-order chi connectivity index (χ1) is 6.23. The van der Waals surface area contributed by atoms with Gasteiger partial charge in [-0.1, -0.05) is 0 Å². The van der Waals surface area contributed by atoms with Gasteiger partial charge in [0, 0.05) is 12.6 Å². The zero-order chi connectivity index (χ0) is 11.0. The third-order valence-corrected chi connectivity index (χ3v) is 2.73. The summed E-state index contributed by atoms with van der Waals surface area (Å²) in [5, 5.41) is 12.6. The van der Waals surface area contributed by atoms with Crippen molar-refractivity contribution in [2.24, 2.45) is 0 Å². The molecule has 3 nitrogen and oxygen atoms in total. The van der Waals surface area contributed by atoms with Gasteiger partial charge in [-0.2, -0.15) is 0 Å². The zero-order valence-electron chi connectivity index (χ0n) is 9.92. The molecule has 14 heavy (non-hydrogen) atoms. The van der Waals surface area contributed by atoms with Gasteiger partial charge in [0.2, 0.25) is 0 Å². The molecule has 2 atom stereocenters. The molecular formula is C11H23NO2. The van der Waals surface area contributed by atoms with E-state index in [2.05, 4.69) is 33.0 Å². The van der Waals surface area contributed by atoms with Crippen molar-refractivity contribution < 1.29 is 9.84 Å². The van der Waals surface area contributed by atoms with Crippen LogP contribution in [0.4, 0.5) is 0 Å². The molecule has 0 aromatic rings. The molecule has 1 aliphatic heterocycles. The number of ether oxygens (including phenoxy) is 1. The van der Waals surface area contributed by atoms with E-state index in [0.29, 0.717) is 12.6 Å². The molecule has 1 aliphatic rings. The van der Waals surface area contributed by atoms with E-state index < -0.39 is 0 Å². The Kier molecular flexibility index (Phi) is 3.24. The zero-order valence-corrected chi connectivity index (χ0v) is 9.92. The van der Waals surface area contributed by atoms with Crippen LogP contribution in [-0.4, -0.2) is 35.0 Å². The van der Waals surface area contributed by atoms with Gasteiger partial charge in [0.1, 0.15) is 0 Å². The average molecular weight is 201 g/mol. The summed E-state index contributed by atoms with van der Waals surface area (Å²) in [6.07, 6.45) is 0.696. The summed E-state index contributed by atoms with van der Waals surface area (Å²) in [6, 6.07) is 0.326. The molecule has 0 aliphatic carbocycles. The molecule has 1 saturated heterocycles. The monoisotopic (exact) mass is 201 g/mol. The number of aliphatic hydroxyl groups excluding tert-OH is 1. The van der Waals surface area contributed by atoms with E-state index in [-0.39, 0.29) is 17.3 Å².